The fourth-order valence-electron chi connectivity index (χ4n) is 1.64. The highest BCUT2D eigenvalue weighted by atomic mass is 16.5. The average Bonchev–Trinajstić information content (AvgIpc) is 2.48. The number of aldehydes is 1. The van der Waals surface area contributed by atoms with Crippen LogP contribution in [0.1, 0.15) is 15.9 Å². The van der Waals surface area contributed by atoms with Crippen LogP contribution in [0.25, 0.3) is 0 Å². The fourth-order valence-corrected chi connectivity index (χ4v) is 1.64. The van der Waals surface area contributed by atoms with Crippen molar-refractivity contribution in [2.75, 3.05) is 7.11 Å². The van der Waals surface area contributed by atoms with Gasteiger partial charge in [0.1, 0.15) is 12.0 Å². The smallest absolute Gasteiger partial charge is 0.185 e. The summed E-state index contributed by atoms with van der Waals surface area (Å²) in [5.41, 5.74) is 2.33. The van der Waals surface area contributed by atoms with Gasteiger partial charge >= 0.3 is 0 Å². The third kappa shape index (κ3) is 3.00. The number of phenols is 1. The molecule has 0 radical (unpaired) electrons. The van der Waals surface area contributed by atoms with Crippen LogP contribution in [0, 0.1) is 6.92 Å². The van der Waals surface area contributed by atoms with Crippen LogP contribution < -0.4 is 4.74 Å². The summed E-state index contributed by atoms with van der Waals surface area (Å²) in [5, 5.41) is 17.9. The Morgan fingerprint density at radius 1 is 1.15 bits per heavy atom. The van der Waals surface area contributed by atoms with E-state index in [2.05, 4.69) is 10.2 Å². The number of hydrogen-bond donors (Lipinski definition) is 1. The van der Waals surface area contributed by atoms with E-state index in [4.69, 9.17) is 4.74 Å². The second kappa shape index (κ2) is 5.97. The molecule has 0 heterocycles. The Morgan fingerprint density at radius 2 is 1.85 bits per heavy atom. The Hall–Kier alpha value is -2.69. The Balaban J connectivity index is 2.37. The predicted molar refractivity (Wildman–Crippen MR) is 75.4 cm³/mol. The van der Waals surface area contributed by atoms with E-state index >= 15 is 0 Å². The normalized spacial score (nSPS) is 10.7. The van der Waals surface area contributed by atoms with E-state index in [1.165, 1.54) is 19.2 Å². The fraction of sp³-hybridized carbons (Fsp3) is 0.133. The van der Waals surface area contributed by atoms with Crippen molar-refractivity contribution in [2.24, 2.45) is 10.2 Å². The predicted octanol–water partition coefficient (Wildman–Crippen LogP) is 3.94. The number of hydrogen-bond acceptors (Lipinski definition) is 5. The zero-order valence-corrected chi connectivity index (χ0v) is 11.2. The lowest BCUT2D eigenvalue weighted by Gasteiger charge is -2.06. The molecule has 0 aromatic heterocycles. The Bertz CT molecular complexity index is 649. The number of azo groups is 1. The maximum absolute atomic E-state index is 10.8. The summed E-state index contributed by atoms with van der Waals surface area (Å²) >= 11 is 0. The molecule has 20 heavy (non-hydrogen) atoms. The summed E-state index contributed by atoms with van der Waals surface area (Å²) in [7, 11) is 1.41. The summed E-state index contributed by atoms with van der Waals surface area (Å²) in [5.74, 6) is 0.0430. The van der Waals surface area contributed by atoms with Gasteiger partial charge in [0.2, 0.25) is 0 Å². The van der Waals surface area contributed by atoms with Crippen molar-refractivity contribution in [2.45, 2.75) is 6.92 Å². The number of carbonyl (C=O) groups is 1. The van der Waals surface area contributed by atoms with Crippen LogP contribution in [0.2, 0.25) is 0 Å². The first-order valence-corrected chi connectivity index (χ1v) is 5.98. The molecule has 0 fully saturated rings. The van der Waals surface area contributed by atoms with Gasteiger partial charge in [-0.3, -0.25) is 4.79 Å². The lowest BCUT2D eigenvalue weighted by Crippen LogP contribution is -1.87. The molecule has 0 bridgehead atoms. The molecule has 5 heteroatoms. The summed E-state index contributed by atoms with van der Waals surface area (Å²) in [6.45, 7) is 1.98. The lowest BCUT2D eigenvalue weighted by molar-refractivity contribution is 0.112. The van der Waals surface area contributed by atoms with Crippen molar-refractivity contribution in [1.82, 2.24) is 0 Å². The summed E-state index contributed by atoms with van der Waals surface area (Å²) in [4.78, 5) is 10.8. The third-order valence-electron chi connectivity index (χ3n) is 2.74. The van der Waals surface area contributed by atoms with Gasteiger partial charge in [0.15, 0.2) is 11.5 Å². The highest BCUT2D eigenvalue weighted by Gasteiger charge is 2.10. The molecule has 2 rings (SSSR count). The molecule has 0 aliphatic rings. The maximum atomic E-state index is 10.8. The van der Waals surface area contributed by atoms with E-state index in [1.54, 1.807) is 0 Å². The van der Waals surface area contributed by atoms with Crippen molar-refractivity contribution in [3.05, 3.63) is 47.5 Å². The minimum absolute atomic E-state index is 0.144. The maximum Gasteiger partial charge on any atom is 0.185 e. The SMILES string of the molecule is COc1cc(C=O)cc(N=Nc2ccc(C)cc2)c1O. The van der Waals surface area contributed by atoms with Crippen LogP contribution in [0.15, 0.2) is 46.6 Å². The molecule has 2 aromatic carbocycles. The van der Waals surface area contributed by atoms with Crippen molar-refractivity contribution in [1.29, 1.82) is 0 Å². The second-order valence-electron chi connectivity index (χ2n) is 4.24. The van der Waals surface area contributed by atoms with Crippen molar-refractivity contribution < 1.29 is 14.6 Å². The molecule has 0 aliphatic heterocycles. The van der Waals surface area contributed by atoms with Crippen molar-refractivity contribution in [3.8, 4) is 11.5 Å². The number of phenolic OH excluding ortho intramolecular Hbond substituents is 1. The molecular weight excluding hydrogens is 256 g/mol. The molecular formula is C15H14N2O3. The first-order chi connectivity index (χ1) is 9.63. The van der Waals surface area contributed by atoms with Gasteiger partial charge in [0, 0.05) is 5.56 Å². The number of methoxy groups -OCH3 is 1. The lowest BCUT2D eigenvalue weighted by atomic mass is 10.2. The van der Waals surface area contributed by atoms with Gasteiger partial charge in [-0.15, -0.1) is 5.11 Å². The highest BCUT2D eigenvalue weighted by Crippen LogP contribution is 2.37. The number of rotatable bonds is 4. The topological polar surface area (TPSA) is 71.2 Å². The first kappa shape index (κ1) is 13.7. The summed E-state index contributed by atoms with van der Waals surface area (Å²) in [6.07, 6.45) is 0.660. The zero-order chi connectivity index (χ0) is 14.5. The minimum atomic E-state index is -0.144. The molecule has 0 aliphatic carbocycles. The van der Waals surface area contributed by atoms with Crippen LogP contribution in [0.4, 0.5) is 11.4 Å². The van der Waals surface area contributed by atoms with Gasteiger partial charge in [-0.1, -0.05) is 17.7 Å². The number of carbonyl (C=O) groups excluding carboxylic acids is 1. The average molecular weight is 270 g/mol. The van der Waals surface area contributed by atoms with Crippen LogP contribution in [-0.2, 0) is 0 Å². The van der Waals surface area contributed by atoms with E-state index in [-0.39, 0.29) is 17.2 Å². The van der Waals surface area contributed by atoms with Crippen molar-refractivity contribution in [3.63, 3.8) is 0 Å². The number of ether oxygens (including phenoxy) is 1. The number of benzene rings is 2. The quantitative estimate of drug-likeness (QED) is 0.675. The number of aromatic hydroxyl groups is 1. The van der Waals surface area contributed by atoms with Crippen LogP contribution in [0.5, 0.6) is 11.5 Å². The standard InChI is InChI=1S/C15H14N2O3/c1-10-3-5-12(6-4-10)16-17-13-7-11(9-18)8-14(20-2)15(13)19/h3-9,19H,1-2H3. The van der Waals surface area contributed by atoms with Gasteiger partial charge in [-0.25, -0.2) is 0 Å². The molecule has 0 spiro atoms. The second-order valence-corrected chi connectivity index (χ2v) is 4.24. The monoisotopic (exact) mass is 270 g/mol. The molecule has 0 atom stereocenters. The largest absolute Gasteiger partial charge is 0.503 e. The Kier molecular flexibility index (Phi) is 4.10. The van der Waals surface area contributed by atoms with Crippen LogP contribution >= 0.6 is 0 Å². The molecule has 0 unspecified atom stereocenters. The molecule has 0 saturated heterocycles. The van der Waals surface area contributed by atoms with Crippen molar-refractivity contribution >= 4 is 17.7 Å². The molecule has 2 aromatic rings. The van der Waals surface area contributed by atoms with E-state index in [0.717, 1.165) is 5.56 Å². The van der Waals surface area contributed by atoms with E-state index < -0.39 is 0 Å². The van der Waals surface area contributed by atoms with Gasteiger partial charge in [-0.2, -0.15) is 5.11 Å². The first-order valence-electron chi connectivity index (χ1n) is 5.98. The van der Waals surface area contributed by atoms with Gasteiger partial charge < -0.3 is 9.84 Å². The summed E-state index contributed by atoms with van der Waals surface area (Å²) < 4.78 is 4.99. The molecule has 1 N–H and O–H groups in total. The van der Waals surface area contributed by atoms with Gasteiger partial charge in [-0.05, 0) is 31.2 Å². The molecule has 0 saturated carbocycles. The number of nitrogens with zero attached hydrogens (tertiary/aromatic N) is 2. The summed E-state index contributed by atoms with van der Waals surface area (Å²) in [6, 6.07) is 10.3. The van der Waals surface area contributed by atoms with E-state index in [1.807, 2.05) is 31.2 Å². The molecule has 5 nitrogen and oxygen atoms in total. The van der Waals surface area contributed by atoms with Gasteiger partial charge in [0.25, 0.3) is 0 Å². The third-order valence-corrected chi connectivity index (χ3v) is 2.74. The van der Waals surface area contributed by atoms with Crippen LogP contribution in [-0.4, -0.2) is 18.5 Å². The van der Waals surface area contributed by atoms with Crippen LogP contribution in [0.3, 0.4) is 0 Å². The highest BCUT2D eigenvalue weighted by molar-refractivity contribution is 5.80. The van der Waals surface area contributed by atoms with Gasteiger partial charge in [0.05, 0.1) is 12.8 Å². The Morgan fingerprint density at radius 3 is 2.45 bits per heavy atom. The number of aryl methyl sites for hydroxylation is 1. The van der Waals surface area contributed by atoms with E-state index in [0.29, 0.717) is 17.5 Å². The zero-order valence-electron chi connectivity index (χ0n) is 11.2. The molecule has 0 amide bonds. The Labute approximate surface area is 116 Å². The minimum Gasteiger partial charge on any atom is -0.503 e. The molecule has 102 valence electrons. The van der Waals surface area contributed by atoms with E-state index in [9.17, 15) is 9.90 Å².